The van der Waals surface area contributed by atoms with Crippen LogP contribution >= 0.6 is 34.8 Å². The van der Waals surface area contributed by atoms with Gasteiger partial charge >= 0.3 is 0 Å². The number of ether oxygens (including phenoxy) is 1. The zero-order valence-electron chi connectivity index (χ0n) is 11.2. The summed E-state index contributed by atoms with van der Waals surface area (Å²) in [6, 6.07) is 11.8. The van der Waals surface area contributed by atoms with Crippen molar-refractivity contribution >= 4 is 34.8 Å². The van der Waals surface area contributed by atoms with E-state index in [1.165, 1.54) is 0 Å². The molecular formula is C16H14Cl3NO. The Labute approximate surface area is 139 Å². The fourth-order valence-corrected chi connectivity index (χ4v) is 3.19. The Morgan fingerprint density at radius 3 is 2.67 bits per heavy atom. The number of benzene rings is 2. The van der Waals surface area contributed by atoms with Gasteiger partial charge in [-0.25, -0.2) is 0 Å². The first-order valence-corrected chi connectivity index (χ1v) is 7.87. The van der Waals surface area contributed by atoms with Gasteiger partial charge < -0.3 is 10.1 Å². The first-order valence-electron chi connectivity index (χ1n) is 6.74. The van der Waals surface area contributed by atoms with Crippen LogP contribution in [0.15, 0.2) is 36.4 Å². The Morgan fingerprint density at radius 1 is 1.05 bits per heavy atom. The lowest BCUT2D eigenvalue weighted by atomic mass is 10.0. The zero-order valence-corrected chi connectivity index (χ0v) is 13.5. The molecule has 1 heterocycles. The maximum atomic E-state index is 6.24. The first kappa shape index (κ1) is 15.0. The molecule has 0 aromatic heterocycles. The Bertz CT molecular complexity index is 660. The van der Waals surface area contributed by atoms with Crippen molar-refractivity contribution in [3.63, 3.8) is 0 Å². The summed E-state index contributed by atoms with van der Waals surface area (Å²) in [6.07, 6.45) is 0.910. The highest BCUT2D eigenvalue weighted by molar-refractivity contribution is 6.44. The van der Waals surface area contributed by atoms with Gasteiger partial charge in [0.05, 0.1) is 16.7 Å². The molecule has 1 atom stereocenters. The molecule has 110 valence electrons. The van der Waals surface area contributed by atoms with Gasteiger partial charge in [-0.3, -0.25) is 0 Å². The predicted octanol–water partition coefficient (Wildman–Crippen LogP) is 5.26. The average molecular weight is 343 g/mol. The van der Waals surface area contributed by atoms with Crippen LogP contribution in [-0.4, -0.2) is 6.61 Å². The number of nitrogens with one attached hydrogen (secondary N) is 1. The molecule has 0 fully saturated rings. The van der Waals surface area contributed by atoms with Gasteiger partial charge in [-0.2, -0.15) is 0 Å². The summed E-state index contributed by atoms with van der Waals surface area (Å²) >= 11 is 18.5. The first-order chi connectivity index (χ1) is 10.2. The van der Waals surface area contributed by atoms with E-state index in [0.29, 0.717) is 28.2 Å². The standard InChI is InChI=1S/C16H14Cl3NO/c17-12-5-6-13(18)16(19)11(12)9-20-14-7-8-21-15-4-2-1-3-10(14)15/h1-6,14,20H,7-9H2. The van der Waals surface area contributed by atoms with Crippen molar-refractivity contribution in [2.24, 2.45) is 0 Å². The molecule has 0 aliphatic carbocycles. The largest absolute Gasteiger partial charge is 0.493 e. The predicted molar refractivity (Wildman–Crippen MR) is 87.6 cm³/mol. The highest BCUT2D eigenvalue weighted by atomic mass is 35.5. The minimum Gasteiger partial charge on any atom is -0.493 e. The van der Waals surface area contributed by atoms with Crippen molar-refractivity contribution in [1.29, 1.82) is 0 Å². The Morgan fingerprint density at radius 2 is 1.81 bits per heavy atom. The highest BCUT2D eigenvalue weighted by Crippen LogP contribution is 2.34. The fourth-order valence-electron chi connectivity index (χ4n) is 2.51. The lowest BCUT2D eigenvalue weighted by Gasteiger charge is -2.27. The van der Waals surface area contributed by atoms with Crippen LogP contribution in [0.4, 0.5) is 0 Å². The van der Waals surface area contributed by atoms with E-state index >= 15 is 0 Å². The van der Waals surface area contributed by atoms with E-state index in [9.17, 15) is 0 Å². The van der Waals surface area contributed by atoms with Gasteiger partial charge in [-0.1, -0.05) is 53.0 Å². The molecule has 5 heteroatoms. The third-order valence-electron chi connectivity index (χ3n) is 3.62. The Balaban J connectivity index is 1.79. The van der Waals surface area contributed by atoms with Crippen molar-refractivity contribution in [3.8, 4) is 5.75 Å². The summed E-state index contributed by atoms with van der Waals surface area (Å²) in [7, 11) is 0. The molecule has 1 unspecified atom stereocenters. The van der Waals surface area contributed by atoms with Crippen LogP contribution in [0.3, 0.4) is 0 Å². The number of halogens is 3. The minimum atomic E-state index is 0.223. The van der Waals surface area contributed by atoms with Crippen LogP contribution in [0, 0.1) is 0 Å². The zero-order chi connectivity index (χ0) is 14.8. The number of fused-ring (bicyclic) bond motifs is 1. The molecular weight excluding hydrogens is 329 g/mol. The van der Waals surface area contributed by atoms with Crippen LogP contribution in [-0.2, 0) is 6.54 Å². The van der Waals surface area contributed by atoms with Crippen molar-refractivity contribution in [1.82, 2.24) is 5.32 Å². The number of hydrogen-bond acceptors (Lipinski definition) is 2. The average Bonchev–Trinajstić information content (AvgIpc) is 2.51. The maximum Gasteiger partial charge on any atom is 0.124 e. The van der Waals surface area contributed by atoms with E-state index in [0.717, 1.165) is 23.3 Å². The van der Waals surface area contributed by atoms with Crippen LogP contribution in [0.5, 0.6) is 5.75 Å². The number of rotatable bonds is 3. The molecule has 0 amide bonds. The lowest BCUT2D eigenvalue weighted by Crippen LogP contribution is -2.26. The number of hydrogen-bond donors (Lipinski definition) is 1. The van der Waals surface area contributed by atoms with Gasteiger partial charge in [0, 0.05) is 35.2 Å². The van der Waals surface area contributed by atoms with Crippen LogP contribution in [0.1, 0.15) is 23.6 Å². The summed E-state index contributed by atoms with van der Waals surface area (Å²) in [4.78, 5) is 0. The monoisotopic (exact) mass is 341 g/mol. The van der Waals surface area contributed by atoms with Crippen LogP contribution in [0.2, 0.25) is 15.1 Å². The molecule has 0 spiro atoms. The van der Waals surface area contributed by atoms with Crippen molar-refractivity contribution in [2.45, 2.75) is 19.0 Å². The smallest absolute Gasteiger partial charge is 0.124 e. The second-order valence-corrected chi connectivity index (χ2v) is 6.12. The quantitative estimate of drug-likeness (QED) is 0.768. The molecule has 1 N–H and O–H groups in total. The molecule has 2 aromatic carbocycles. The van der Waals surface area contributed by atoms with Gasteiger partial charge in [0.2, 0.25) is 0 Å². The SMILES string of the molecule is Clc1ccc(Cl)c(CNC2CCOc3ccccc32)c1Cl. The van der Waals surface area contributed by atoms with Crippen molar-refractivity contribution in [2.75, 3.05) is 6.61 Å². The lowest BCUT2D eigenvalue weighted by molar-refractivity contribution is 0.252. The third-order valence-corrected chi connectivity index (χ3v) is 4.82. The third kappa shape index (κ3) is 3.14. The number of para-hydroxylation sites is 1. The van der Waals surface area contributed by atoms with E-state index in [1.54, 1.807) is 12.1 Å². The van der Waals surface area contributed by atoms with Gasteiger partial charge in [-0.05, 0) is 18.2 Å². The molecule has 1 aliphatic heterocycles. The fraction of sp³-hybridized carbons (Fsp3) is 0.250. The summed E-state index contributed by atoms with van der Waals surface area (Å²) in [5.74, 6) is 0.935. The Hall–Kier alpha value is -0.930. The second-order valence-electron chi connectivity index (χ2n) is 4.93. The summed E-state index contributed by atoms with van der Waals surface area (Å²) in [6.45, 7) is 1.27. The maximum absolute atomic E-state index is 6.24. The summed E-state index contributed by atoms with van der Waals surface area (Å²) < 4.78 is 5.66. The van der Waals surface area contributed by atoms with E-state index < -0.39 is 0 Å². The van der Waals surface area contributed by atoms with E-state index in [2.05, 4.69) is 11.4 Å². The highest BCUT2D eigenvalue weighted by Gasteiger charge is 2.21. The van der Waals surface area contributed by atoms with E-state index in [4.69, 9.17) is 39.5 Å². The molecule has 3 rings (SSSR count). The van der Waals surface area contributed by atoms with Gasteiger partial charge in [0.15, 0.2) is 0 Å². The summed E-state index contributed by atoms with van der Waals surface area (Å²) in [5.41, 5.74) is 1.99. The topological polar surface area (TPSA) is 21.3 Å². The van der Waals surface area contributed by atoms with E-state index in [-0.39, 0.29) is 6.04 Å². The molecule has 2 nitrogen and oxygen atoms in total. The van der Waals surface area contributed by atoms with Gasteiger partial charge in [-0.15, -0.1) is 0 Å². The molecule has 1 aliphatic rings. The molecule has 0 saturated carbocycles. The van der Waals surface area contributed by atoms with Crippen LogP contribution in [0.25, 0.3) is 0 Å². The molecule has 2 aromatic rings. The van der Waals surface area contributed by atoms with Crippen molar-refractivity contribution < 1.29 is 4.74 Å². The molecule has 0 bridgehead atoms. The van der Waals surface area contributed by atoms with Crippen LogP contribution < -0.4 is 10.1 Å². The van der Waals surface area contributed by atoms with E-state index in [1.807, 2.05) is 18.2 Å². The van der Waals surface area contributed by atoms with Gasteiger partial charge in [0.25, 0.3) is 0 Å². The molecule has 0 radical (unpaired) electrons. The Kier molecular flexibility index (Phi) is 4.60. The summed E-state index contributed by atoms with van der Waals surface area (Å²) in [5, 5.41) is 5.15. The second kappa shape index (κ2) is 6.45. The molecule has 0 saturated heterocycles. The van der Waals surface area contributed by atoms with Crippen molar-refractivity contribution in [3.05, 3.63) is 62.6 Å². The normalized spacial score (nSPS) is 17.2. The van der Waals surface area contributed by atoms with Gasteiger partial charge in [0.1, 0.15) is 5.75 Å². The minimum absolute atomic E-state index is 0.223. The molecule has 21 heavy (non-hydrogen) atoms.